The highest BCUT2D eigenvalue weighted by atomic mass is 35.5. The summed E-state index contributed by atoms with van der Waals surface area (Å²) in [6.07, 6.45) is 5.06. The summed E-state index contributed by atoms with van der Waals surface area (Å²) in [6.45, 7) is 2.75. The molecule has 3 rings (SSSR count). The number of nitrogens with one attached hydrogen (secondary N) is 1. The number of hydrogen-bond acceptors (Lipinski definition) is 4. The fourth-order valence-electron chi connectivity index (χ4n) is 2.16. The van der Waals surface area contributed by atoms with Crippen LogP contribution in [0.15, 0.2) is 12.3 Å². The van der Waals surface area contributed by atoms with Crippen LogP contribution in [0.4, 0.5) is 5.82 Å². The lowest BCUT2D eigenvalue weighted by atomic mass is 10.3. The molecule has 1 saturated carbocycles. The first kappa shape index (κ1) is 13.4. The van der Waals surface area contributed by atoms with E-state index < -0.39 is 0 Å². The van der Waals surface area contributed by atoms with Crippen molar-refractivity contribution in [2.75, 3.05) is 11.9 Å². The SMILES string of the molecule is Cc1c(Cl)nc(C2CC2)nc1NCCc1ccnn1C. The summed E-state index contributed by atoms with van der Waals surface area (Å²) in [6, 6.07) is 2.02. The van der Waals surface area contributed by atoms with Crippen LogP contribution in [0.3, 0.4) is 0 Å². The molecule has 6 heteroatoms. The van der Waals surface area contributed by atoms with Gasteiger partial charge in [-0.15, -0.1) is 0 Å². The van der Waals surface area contributed by atoms with Gasteiger partial charge in [-0.05, 0) is 25.8 Å². The molecular weight excluding hydrogens is 274 g/mol. The van der Waals surface area contributed by atoms with E-state index in [-0.39, 0.29) is 0 Å². The van der Waals surface area contributed by atoms with E-state index in [2.05, 4.69) is 20.4 Å². The molecule has 20 heavy (non-hydrogen) atoms. The molecule has 0 spiro atoms. The van der Waals surface area contributed by atoms with Gasteiger partial charge in [-0.2, -0.15) is 5.10 Å². The van der Waals surface area contributed by atoms with Crippen molar-refractivity contribution in [2.24, 2.45) is 7.05 Å². The fraction of sp³-hybridized carbons (Fsp3) is 0.500. The van der Waals surface area contributed by atoms with Gasteiger partial charge in [0, 0.05) is 43.4 Å². The van der Waals surface area contributed by atoms with Gasteiger partial charge in [-0.3, -0.25) is 4.68 Å². The molecule has 0 radical (unpaired) electrons. The van der Waals surface area contributed by atoms with Gasteiger partial charge in [0.25, 0.3) is 0 Å². The van der Waals surface area contributed by atoms with Crippen molar-refractivity contribution >= 4 is 17.4 Å². The molecular formula is C14H18ClN5. The topological polar surface area (TPSA) is 55.6 Å². The van der Waals surface area contributed by atoms with Crippen molar-refractivity contribution < 1.29 is 0 Å². The van der Waals surface area contributed by atoms with Gasteiger partial charge in [0.15, 0.2) is 0 Å². The molecule has 1 aliphatic rings. The molecule has 1 aliphatic carbocycles. The van der Waals surface area contributed by atoms with E-state index in [1.807, 2.05) is 30.9 Å². The normalized spacial score (nSPS) is 14.6. The van der Waals surface area contributed by atoms with Gasteiger partial charge in [0.1, 0.15) is 16.8 Å². The second kappa shape index (κ2) is 5.40. The molecule has 2 heterocycles. The number of aromatic nitrogens is 4. The zero-order chi connectivity index (χ0) is 14.1. The summed E-state index contributed by atoms with van der Waals surface area (Å²) in [5.41, 5.74) is 2.11. The summed E-state index contributed by atoms with van der Waals surface area (Å²) >= 11 is 6.19. The molecule has 0 bridgehead atoms. The maximum absolute atomic E-state index is 6.19. The van der Waals surface area contributed by atoms with Crippen molar-refractivity contribution in [3.8, 4) is 0 Å². The summed E-state index contributed by atoms with van der Waals surface area (Å²) in [4.78, 5) is 8.97. The Morgan fingerprint density at radius 2 is 2.20 bits per heavy atom. The molecule has 5 nitrogen and oxygen atoms in total. The molecule has 0 aromatic carbocycles. The highest BCUT2D eigenvalue weighted by Gasteiger charge is 2.27. The predicted molar refractivity (Wildman–Crippen MR) is 79.2 cm³/mol. The van der Waals surface area contributed by atoms with E-state index in [1.165, 1.54) is 18.5 Å². The van der Waals surface area contributed by atoms with Crippen molar-refractivity contribution in [2.45, 2.75) is 32.1 Å². The predicted octanol–water partition coefficient (Wildman–Crippen LogP) is 2.70. The van der Waals surface area contributed by atoms with E-state index >= 15 is 0 Å². The molecule has 0 atom stereocenters. The molecule has 1 N–H and O–H groups in total. The molecule has 1 fully saturated rings. The Labute approximate surface area is 123 Å². The Kier molecular flexibility index (Phi) is 3.61. The highest BCUT2D eigenvalue weighted by Crippen LogP contribution is 2.39. The van der Waals surface area contributed by atoms with E-state index in [0.29, 0.717) is 11.1 Å². The van der Waals surface area contributed by atoms with Crippen LogP contribution in [-0.4, -0.2) is 26.3 Å². The van der Waals surface area contributed by atoms with Gasteiger partial charge >= 0.3 is 0 Å². The van der Waals surface area contributed by atoms with Crippen LogP contribution in [0, 0.1) is 6.92 Å². The van der Waals surface area contributed by atoms with E-state index in [4.69, 9.17) is 11.6 Å². The van der Waals surface area contributed by atoms with Crippen LogP contribution in [0.5, 0.6) is 0 Å². The van der Waals surface area contributed by atoms with Crippen LogP contribution < -0.4 is 5.32 Å². The average molecular weight is 292 g/mol. The maximum Gasteiger partial charge on any atom is 0.137 e. The number of aryl methyl sites for hydroxylation is 1. The average Bonchev–Trinajstić information content (AvgIpc) is 3.19. The maximum atomic E-state index is 6.19. The van der Waals surface area contributed by atoms with Crippen LogP contribution in [0.1, 0.15) is 35.8 Å². The van der Waals surface area contributed by atoms with Crippen molar-refractivity contribution in [1.29, 1.82) is 0 Å². The minimum Gasteiger partial charge on any atom is -0.369 e. The van der Waals surface area contributed by atoms with Gasteiger partial charge in [-0.25, -0.2) is 9.97 Å². The first-order valence-corrected chi connectivity index (χ1v) is 7.27. The first-order chi connectivity index (χ1) is 9.65. The quantitative estimate of drug-likeness (QED) is 0.861. The lowest BCUT2D eigenvalue weighted by Crippen LogP contribution is -2.12. The second-order valence-corrected chi connectivity index (χ2v) is 5.60. The Bertz CT molecular complexity index is 618. The molecule has 0 amide bonds. The minimum atomic E-state index is 0.505. The van der Waals surface area contributed by atoms with Crippen LogP contribution >= 0.6 is 11.6 Å². The van der Waals surface area contributed by atoms with Crippen molar-refractivity contribution in [3.05, 3.63) is 34.5 Å². The van der Waals surface area contributed by atoms with Gasteiger partial charge in [0.2, 0.25) is 0 Å². The number of nitrogens with zero attached hydrogens (tertiary/aromatic N) is 4. The van der Waals surface area contributed by atoms with Gasteiger partial charge in [0.05, 0.1) is 0 Å². The summed E-state index contributed by atoms with van der Waals surface area (Å²) < 4.78 is 1.89. The van der Waals surface area contributed by atoms with Gasteiger partial charge < -0.3 is 5.32 Å². The summed E-state index contributed by atoms with van der Waals surface area (Å²) in [5, 5.41) is 8.09. The largest absolute Gasteiger partial charge is 0.369 e. The molecule has 2 aromatic heterocycles. The van der Waals surface area contributed by atoms with E-state index in [0.717, 1.165) is 30.2 Å². The monoisotopic (exact) mass is 291 g/mol. The van der Waals surface area contributed by atoms with Crippen LogP contribution in [0.2, 0.25) is 5.15 Å². The lowest BCUT2D eigenvalue weighted by Gasteiger charge is -2.11. The Morgan fingerprint density at radius 1 is 1.40 bits per heavy atom. The van der Waals surface area contributed by atoms with Crippen molar-refractivity contribution in [1.82, 2.24) is 19.7 Å². The fourth-order valence-corrected chi connectivity index (χ4v) is 2.33. The summed E-state index contributed by atoms with van der Waals surface area (Å²) in [7, 11) is 1.95. The van der Waals surface area contributed by atoms with Crippen LogP contribution in [0.25, 0.3) is 0 Å². The second-order valence-electron chi connectivity index (χ2n) is 5.24. The zero-order valence-electron chi connectivity index (χ0n) is 11.7. The molecule has 2 aromatic rings. The molecule has 0 saturated heterocycles. The molecule has 0 unspecified atom stereocenters. The Balaban J connectivity index is 1.68. The Morgan fingerprint density at radius 3 is 2.85 bits per heavy atom. The van der Waals surface area contributed by atoms with E-state index in [1.54, 1.807) is 0 Å². The third-order valence-corrected chi connectivity index (χ3v) is 4.01. The third-order valence-electron chi connectivity index (χ3n) is 3.64. The molecule has 106 valence electrons. The minimum absolute atomic E-state index is 0.505. The number of rotatable bonds is 5. The Hall–Kier alpha value is -1.62. The van der Waals surface area contributed by atoms with Gasteiger partial charge in [-0.1, -0.05) is 11.6 Å². The van der Waals surface area contributed by atoms with E-state index in [9.17, 15) is 0 Å². The number of halogens is 1. The van der Waals surface area contributed by atoms with Crippen LogP contribution in [-0.2, 0) is 13.5 Å². The highest BCUT2D eigenvalue weighted by molar-refractivity contribution is 6.30. The standard InChI is InChI=1S/C14H18ClN5/c1-9-12(15)18-14(10-3-4-10)19-13(9)16-7-5-11-6-8-17-20(11)2/h6,8,10H,3-5,7H2,1-2H3,(H,16,18,19). The zero-order valence-corrected chi connectivity index (χ0v) is 12.5. The number of hydrogen-bond donors (Lipinski definition) is 1. The molecule has 0 aliphatic heterocycles. The smallest absolute Gasteiger partial charge is 0.137 e. The third kappa shape index (κ3) is 2.77. The lowest BCUT2D eigenvalue weighted by molar-refractivity contribution is 0.710. The van der Waals surface area contributed by atoms with Crippen molar-refractivity contribution in [3.63, 3.8) is 0 Å². The number of anilines is 1. The summed E-state index contributed by atoms with van der Waals surface area (Å²) in [5.74, 6) is 2.24. The first-order valence-electron chi connectivity index (χ1n) is 6.90.